The number of nitrogens with one attached hydrogen (secondary N) is 3. The summed E-state index contributed by atoms with van der Waals surface area (Å²) < 4.78 is 18.3. The Kier molecular flexibility index (Phi) is 6.08. The average Bonchev–Trinajstić information content (AvgIpc) is 3.00. The lowest BCUT2D eigenvalue weighted by Crippen LogP contribution is -3.11. The Morgan fingerprint density at radius 3 is 2.62 bits per heavy atom. The van der Waals surface area contributed by atoms with Crippen LogP contribution in [0.1, 0.15) is 18.7 Å². The molecule has 0 spiro atoms. The summed E-state index contributed by atoms with van der Waals surface area (Å²) in [6, 6.07) is 8.98. The van der Waals surface area contributed by atoms with Crippen molar-refractivity contribution in [3.63, 3.8) is 0 Å². The number of hydrogen-bond donors (Lipinski definition) is 3. The van der Waals surface area contributed by atoms with Gasteiger partial charge in [0, 0.05) is 5.69 Å². The van der Waals surface area contributed by atoms with Gasteiger partial charge in [-0.2, -0.15) is 0 Å². The Labute approximate surface area is 139 Å². The lowest BCUT2D eigenvalue weighted by atomic mass is 10.2. The van der Waals surface area contributed by atoms with E-state index in [2.05, 4.69) is 10.6 Å². The lowest BCUT2D eigenvalue weighted by Gasteiger charge is -2.16. The van der Waals surface area contributed by atoms with Crippen molar-refractivity contribution in [1.82, 2.24) is 5.32 Å². The van der Waals surface area contributed by atoms with Gasteiger partial charge < -0.3 is 20.0 Å². The molecule has 0 saturated heterocycles. The minimum atomic E-state index is -0.417. The fourth-order valence-electron chi connectivity index (χ4n) is 2.28. The molecule has 2 amide bonds. The zero-order chi connectivity index (χ0) is 17.5. The van der Waals surface area contributed by atoms with Crippen LogP contribution in [0.25, 0.3) is 0 Å². The highest BCUT2D eigenvalue weighted by molar-refractivity contribution is 5.91. The quantitative estimate of drug-likeness (QED) is 0.699. The van der Waals surface area contributed by atoms with Crippen LogP contribution in [0, 0.1) is 5.82 Å². The van der Waals surface area contributed by atoms with Crippen LogP contribution in [0.15, 0.2) is 47.1 Å². The van der Waals surface area contributed by atoms with Crippen LogP contribution >= 0.6 is 0 Å². The van der Waals surface area contributed by atoms with Crippen molar-refractivity contribution in [1.29, 1.82) is 0 Å². The number of carbonyl (C=O) groups excluding carboxylic acids is 2. The highest BCUT2D eigenvalue weighted by atomic mass is 19.1. The van der Waals surface area contributed by atoms with Gasteiger partial charge >= 0.3 is 0 Å². The predicted molar refractivity (Wildman–Crippen MR) is 86.9 cm³/mol. The Morgan fingerprint density at radius 2 is 1.96 bits per heavy atom. The first-order chi connectivity index (χ1) is 11.4. The third-order valence-electron chi connectivity index (χ3n) is 3.38. The lowest BCUT2D eigenvalue weighted by molar-refractivity contribution is -0.862. The highest BCUT2D eigenvalue weighted by Crippen LogP contribution is 2.11. The summed E-state index contributed by atoms with van der Waals surface area (Å²) >= 11 is 0. The molecule has 1 unspecified atom stereocenters. The van der Waals surface area contributed by atoms with Gasteiger partial charge in [0.25, 0.3) is 11.8 Å². The third kappa shape index (κ3) is 5.51. The number of benzene rings is 1. The maximum atomic E-state index is 13.1. The number of quaternary nitrogens is 1. The molecule has 0 fully saturated rings. The van der Waals surface area contributed by atoms with Crippen molar-refractivity contribution in [2.75, 3.05) is 25.5 Å². The van der Waals surface area contributed by atoms with Crippen molar-refractivity contribution < 1.29 is 23.3 Å². The molecular weight excluding hydrogens is 313 g/mol. The molecule has 0 bridgehead atoms. The molecule has 3 N–H and O–H groups in total. The number of likely N-dealkylation sites (N-methyl/N-ethyl adjacent to an activating group) is 1. The number of hydrogen-bond acceptors (Lipinski definition) is 3. The number of carbonyl (C=O) groups is 2. The van der Waals surface area contributed by atoms with E-state index in [-0.39, 0.29) is 30.9 Å². The molecule has 2 rings (SSSR count). The summed E-state index contributed by atoms with van der Waals surface area (Å²) in [5.41, 5.74) is 0.392. The van der Waals surface area contributed by atoms with E-state index >= 15 is 0 Å². The molecular formula is C17H21FN3O3+. The minimum Gasteiger partial charge on any atom is -0.467 e. The molecule has 2 atom stereocenters. The highest BCUT2D eigenvalue weighted by Gasteiger charge is 2.17. The van der Waals surface area contributed by atoms with E-state index in [4.69, 9.17) is 4.42 Å². The first-order valence-corrected chi connectivity index (χ1v) is 7.63. The van der Waals surface area contributed by atoms with Crippen LogP contribution in [0.4, 0.5) is 10.1 Å². The molecule has 0 saturated carbocycles. The van der Waals surface area contributed by atoms with Crippen molar-refractivity contribution in [2.45, 2.75) is 13.0 Å². The first kappa shape index (κ1) is 17.7. The van der Waals surface area contributed by atoms with Crippen molar-refractivity contribution in [2.24, 2.45) is 0 Å². The van der Waals surface area contributed by atoms with E-state index in [9.17, 15) is 14.0 Å². The number of halogens is 1. The van der Waals surface area contributed by atoms with Gasteiger partial charge in [-0.25, -0.2) is 4.39 Å². The van der Waals surface area contributed by atoms with Crippen LogP contribution in [0.2, 0.25) is 0 Å². The molecule has 0 aliphatic carbocycles. The standard InChI is InChI=1S/C17H20FN3O3/c1-12(15-7-4-8-24-15)19-16(22)10-21(2)11-17(23)20-14-6-3-5-13(18)9-14/h3-9,12H,10-11H2,1-2H3,(H,19,22)(H,20,23)/p+1/t12-/m0/s1. The zero-order valence-electron chi connectivity index (χ0n) is 13.6. The zero-order valence-corrected chi connectivity index (χ0v) is 13.6. The Morgan fingerprint density at radius 1 is 1.21 bits per heavy atom. The maximum Gasteiger partial charge on any atom is 0.279 e. The van der Waals surface area contributed by atoms with Crippen molar-refractivity contribution in [3.8, 4) is 0 Å². The van der Waals surface area contributed by atoms with Crippen molar-refractivity contribution >= 4 is 17.5 Å². The van der Waals surface area contributed by atoms with Gasteiger partial charge in [-0.15, -0.1) is 0 Å². The summed E-state index contributed by atoms with van der Waals surface area (Å²) in [7, 11) is 1.74. The SMILES string of the molecule is C[C@H](NC(=O)C[NH+](C)CC(=O)Nc1cccc(F)c1)c1ccco1. The van der Waals surface area contributed by atoms with Gasteiger partial charge in [0.15, 0.2) is 13.1 Å². The normalized spacial score (nSPS) is 13.1. The smallest absolute Gasteiger partial charge is 0.279 e. The predicted octanol–water partition coefficient (Wildman–Crippen LogP) is 0.749. The molecule has 1 aromatic carbocycles. The molecule has 0 aliphatic rings. The van der Waals surface area contributed by atoms with Crippen molar-refractivity contribution in [3.05, 3.63) is 54.2 Å². The monoisotopic (exact) mass is 334 g/mol. The second-order valence-corrected chi connectivity index (χ2v) is 5.67. The largest absolute Gasteiger partial charge is 0.467 e. The summed E-state index contributed by atoms with van der Waals surface area (Å²) in [6.45, 7) is 2.06. The van der Waals surface area contributed by atoms with Crippen LogP contribution < -0.4 is 15.5 Å². The van der Waals surface area contributed by atoms with Crippen LogP contribution in [0.3, 0.4) is 0 Å². The molecule has 0 aliphatic heterocycles. The molecule has 1 heterocycles. The van der Waals surface area contributed by atoms with E-state index in [0.29, 0.717) is 16.3 Å². The first-order valence-electron chi connectivity index (χ1n) is 7.63. The number of furan rings is 1. The van der Waals surface area contributed by atoms with E-state index in [1.165, 1.54) is 18.2 Å². The number of rotatable bonds is 7. The fourth-order valence-corrected chi connectivity index (χ4v) is 2.28. The van der Waals surface area contributed by atoms with Gasteiger partial charge in [0.05, 0.1) is 19.4 Å². The topological polar surface area (TPSA) is 75.8 Å². The summed E-state index contributed by atoms with van der Waals surface area (Å²) in [5, 5.41) is 5.41. The summed E-state index contributed by atoms with van der Waals surface area (Å²) in [6.07, 6.45) is 1.55. The van der Waals surface area contributed by atoms with Gasteiger partial charge in [0.1, 0.15) is 11.6 Å². The van der Waals surface area contributed by atoms with Gasteiger partial charge in [-0.05, 0) is 37.3 Å². The van der Waals surface area contributed by atoms with E-state index in [1.807, 2.05) is 6.92 Å². The second-order valence-electron chi connectivity index (χ2n) is 5.67. The minimum absolute atomic E-state index is 0.0963. The maximum absolute atomic E-state index is 13.1. The van der Waals surface area contributed by atoms with Gasteiger partial charge in [-0.1, -0.05) is 6.07 Å². The molecule has 0 radical (unpaired) electrons. The van der Waals surface area contributed by atoms with Gasteiger partial charge in [-0.3, -0.25) is 9.59 Å². The fraction of sp³-hybridized carbons (Fsp3) is 0.294. The van der Waals surface area contributed by atoms with E-state index in [1.54, 1.807) is 31.5 Å². The Balaban J connectivity index is 1.76. The summed E-state index contributed by atoms with van der Waals surface area (Å²) in [4.78, 5) is 24.6. The molecule has 7 heteroatoms. The Bertz CT molecular complexity index is 688. The molecule has 128 valence electrons. The van der Waals surface area contributed by atoms with E-state index < -0.39 is 5.82 Å². The van der Waals surface area contributed by atoms with Crippen LogP contribution in [-0.4, -0.2) is 32.0 Å². The van der Waals surface area contributed by atoms with Crippen LogP contribution in [0.5, 0.6) is 0 Å². The molecule has 24 heavy (non-hydrogen) atoms. The van der Waals surface area contributed by atoms with E-state index in [0.717, 1.165) is 0 Å². The molecule has 2 aromatic rings. The number of amides is 2. The second kappa shape index (κ2) is 8.26. The Hall–Kier alpha value is -2.67. The molecule has 6 nitrogen and oxygen atoms in total. The third-order valence-corrected chi connectivity index (χ3v) is 3.38. The van der Waals surface area contributed by atoms with Crippen LogP contribution in [-0.2, 0) is 9.59 Å². The number of anilines is 1. The van der Waals surface area contributed by atoms with Gasteiger partial charge in [0.2, 0.25) is 0 Å². The average molecular weight is 334 g/mol. The molecule has 1 aromatic heterocycles. The summed E-state index contributed by atoms with van der Waals surface area (Å²) in [5.74, 6) is -0.218.